The normalized spacial score (nSPS) is 12.5. The molecule has 1 heterocycles. The second kappa shape index (κ2) is 14.2. The molecule has 0 spiro atoms. The Kier molecular flexibility index (Phi) is 10.7. The zero-order valence-electron chi connectivity index (χ0n) is 22.5. The number of unbranched alkanes of at least 4 members (excludes halogenated alkanes) is 1. The van der Waals surface area contributed by atoms with E-state index in [1.54, 1.807) is 24.4 Å². The van der Waals surface area contributed by atoms with E-state index in [9.17, 15) is 19.5 Å². The lowest BCUT2D eigenvalue weighted by molar-refractivity contribution is -0.138. The van der Waals surface area contributed by atoms with Crippen molar-refractivity contribution in [2.75, 3.05) is 6.61 Å². The molecular formula is C31H38N2O5. The second-order valence-corrected chi connectivity index (χ2v) is 9.66. The number of carbonyl (C=O) groups excluding carboxylic acids is 1. The monoisotopic (exact) mass is 518 g/mol. The number of hydrogen-bond acceptors (Lipinski definition) is 4. The highest BCUT2D eigenvalue weighted by Gasteiger charge is 2.27. The van der Waals surface area contributed by atoms with Gasteiger partial charge in [0.15, 0.2) is 0 Å². The number of amides is 1. The zero-order chi connectivity index (χ0) is 27.5. The van der Waals surface area contributed by atoms with Gasteiger partial charge in [-0.2, -0.15) is 0 Å². The number of aliphatic carboxylic acids is 1. The third-order valence-corrected chi connectivity index (χ3v) is 6.39. The smallest absolute Gasteiger partial charge is 0.305 e. The predicted molar refractivity (Wildman–Crippen MR) is 149 cm³/mol. The third kappa shape index (κ3) is 8.07. The fourth-order valence-electron chi connectivity index (χ4n) is 4.52. The van der Waals surface area contributed by atoms with Gasteiger partial charge in [-0.25, -0.2) is 0 Å². The number of benzene rings is 2. The molecule has 0 aliphatic rings. The number of aromatic nitrogens is 1. The largest absolute Gasteiger partial charge is 0.494 e. The number of ether oxygens (including phenoxy) is 1. The molecule has 0 radical (unpaired) electrons. The summed E-state index contributed by atoms with van der Waals surface area (Å²) >= 11 is 0. The fraction of sp³-hybridized carbons (Fsp3) is 0.387. The van der Waals surface area contributed by atoms with Crippen LogP contribution in [0.2, 0.25) is 0 Å². The molecule has 0 aliphatic carbocycles. The highest BCUT2D eigenvalue weighted by Crippen LogP contribution is 2.24. The molecule has 1 amide bonds. The molecule has 2 N–H and O–H groups in total. The number of pyridine rings is 1. The SMILES string of the molecule is CCCCC(C(=O)N[C@@H](CC(=O)O)c1cccc(OCCC)c1)n1cc(C)cc(Cc2ccccc2)c1=O. The third-order valence-electron chi connectivity index (χ3n) is 6.39. The summed E-state index contributed by atoms with van der Waals surface area (Å²) in [5.41, 5.74) is 2.95. The molecule has 7 heteroatoms. The van der Waals surface area contributed by atoms with Crippen molar-refractivity contribution in [2.24, 2.45) is 0 Å². The molecule has 2 atom stereocenters. The van der Waals surface area contributed by atoms with Gasteiger partial charge in [0.1, 0.15) is 11.8 Å². The standard InChI is InChI=1S/C31H38N2O5/c1-4-6-15-28(33-21-22(3)17-25(31(33)37)18-23-11-8-7-9-12-23)30(36)32-27(20-29(34)35)24-13-10-14-26(19-24)38-16-5-2/h7-14,17,19,21,27-28H,4-6,15-16,18,20H2,1-3H3,(H,32,36)(H,34,35)/t27-,28?/m0/s1. The molecule has 7 nitrogen and oxygen atoms in total. The molecule has 1 unspecified atom stereocenters. The number of carbonyl (C=O) groups is 2. The molecule has 0 bridgehead atoms. The van der Waals surface area contributed by atoms with Crippen LogP contribution in [0.4, 0.5) is 0 Å². The van der Waals surface area contributed by atoms with E-state index in [2.05, 4.69) is 5.32 Å². The van der Waals surface area contributed by atoms with Crippen LogP contribution in [0.25, 0.3) is 0 Å². The number of nitrogens with one attached hydrogen (secondary N) is 1. The molecule has 0 fully saturated rings. The van der Waals surface area contributed by atoms with E-state index in [1.807, 2.05) is 63.2 Å². The van der Waals surface area contributed by atoms with Gasteiger partial charge in [0.05, 0.1) is 19.1 Å². The molecule has 0 saturated heterocycles. The predicted octanol–water partition coefficient (Wildman–Crippen LogP) is 5.60. The van der Waals surface area contributed by atoms with E-state index in [-0.39, 0.29) is 17.9 Å². The molecule has 38 heavy (non-hydrogen) atoms. The maximum atomic E-state index is 13.7. The summed E-state index contributed by atoms with van der Waals surface area (Å²) in [7, 11) is 0. The van der Waals surface area contributed by atoms with Crippen LogP contribution in [-0.4, -0.2) is 28.2 Å². The van der Waals surface area contributed by atoms with Crippen molar-refractivity contribution in [3.05, 3.63) is 99.5 Å². The van der Waals surface area contributed by atoms with Crippen molar-refractivity contribution in [3.8, 4) is 5.75 Å². The summed E-state index contributed by atoms with van der Waals surface area (Å²) in [5, 5.41) is 12.5. The number of nitrogens with zero attached hydrogens (tertiary/aromatic N) is 1. The summed E-state index contributed by atoms with van der Waals surface area (Å²) in [5.74, 6) is -0.780. The van der Waals surface area contributed by atoms with Gasteiger partial charge in [0.2, 0.25) is 5.91 Å². The lowest BCUT2D eigenvalue weighted by atomic mass is 10.0. The number of hydrogen-bond donors (Lipinski definition) is 2. The number of carboxylic acids is 1. The minimum atomic E-state index is -1.03. The van der Waals surface area contributed by atoms with E-state index in [4.69, 9.17) is 4.74 Å². The first kappa shape index (κ1) is 28.7. The molecule has 3 rings (SSSR count). The van der Waals surface area contributed by atoms with Crippen LogP contribution >= 0.6 is 0 Å². The minimum absolute atomic E-state index is 0.208. The van der Waals surface area contributed by atoms with Crippen molar-refractivity contribution in [1.29, 1.82) is 0 Å². The van der Waals surface area contributed by atoms with Gasteiger partial charge in [0, 0.05) is 18.2 Å². The quantitative estimate of drug-likeness (QED) is 0.290. The lowest BCUT2D eigenvalue weighted by Gasteiger charge is -2.25. The summed E-state index contributed by atoms with van der Waals surface area (Å²) in [6, 6.07) is 17.2. The van der Waals surface area contributed by atoms with Gasteiger partial charge in [-0.05, 0) is 54.7 Å². The maximum absolute atomic E-state index is 13.7. The molecule has 2 aromatic carbocycles. The first-order valence-electron chi connectivity index (χ1n) is 13.3. The topological polar surface area (TPSA) is 97.6 Å². The zero-order valence-corrected chi connectivity index (χ0v) is 22.5. The number of rotatable bonds is 14. The number of carboxylic acid groups (broad SMARTS) is 1. The van der Waals surface area contributed by atoms with E-state index in [1.165, 1.54) is 4.57 Å². The first-order chi connectivity index (χ1) is 18.3. The Morgan fingerprint density at radius 2 is 1.79 bits per heavy atom. The minimum Gasteiger partial charge on any atom is -0.494 e. The van der Waals surface area contributed by atoms with Gasteiger partial charge in [0.25, 0.3) is 5.56 Å². The van der Waals surface area contributed by atoms with Gasteiger partial charge < -0.3 is 19.7 Å². The molecule has 3 aromatic rings. The molecule has 0 aliphatic heterocycles. The van der Waals surface area contributed by atoms with Gasteiger partial charge in [-0.3, -0.25) is 14.4 Å². The average molecular weight is 519 g/mol. The molecule has 202 valence electrons. The highest BCUT2D eigenvalue weighted by molar-refractivity contribution is 5.81. The van der Waals surface area contributed by atoms with Crippen LogP contribution in [0, 0.1) is 6.92 Å². The van der Waals surface area contributed by atoms with E-state index in [0.29, 0.717) is 36.3 Å². The Balaban J connectivity index is 1.94. The van der Waals surface area contributed by atoms with Crippen molar-refractivity contribution in [2.45, 2.75) is 71.4 Å². The van der Waals surface area contributed by atoms with Crippen molar-refractivity contribution < 1.29 is 19.4 Å². The van der Waals surface area contributed by atoms with E-state index >= 15 is 0 Å². The summed E-state index contributed by atoms with van der Waals surface area (Å²) in [6.07, 6.45) is 4.82. The van der Waals surface area contributed by atoms with Crippen LogP contribution in [0.15, 0.2) is 71.7 Å². The molecule has 1 aromatic heterocycles. The van der Waals surface area contributed by atoms with E-state index in [0.717, 1.165) is 30.4 Å². The van der Waals surface area contributed by atoms with Gasteiger partial charge in [-0.15, -0.1) is 0 Å². The Morgan fingerprint density at radius 3 is 2.47 bits per heavy atom. The van der Waals surface area contributed by atoms with Crippen LogP contribution in [-0.2, 0) is 16.0 Å². The Morgan fingerprint density at radius 1 is 1.03 bits per heavy atom. The van der Waals surface area contributed by atoms with Crippen LogP contribution < -0.4 is 15.6 Å². The first-order valence-corrected chi connectivity index (χ1v) is 13.3. The van der Waals surface area contributed by atoms with Gasteiger partial charge in [-0.1, -0.05) is 69.2 Å². The second-order valence-electron chi connectivity index (χ2n) is 9.66. The van der Waals surface area contributed by atoms with Crippen molar-refractivity contribution >= 4 is 11.9 Å². The Bertz CT molecular complexity index is 1270. The van der Waals surface area contributed by atoms with Crippen molar-refractivity contribution in [3.63, 3.8) is 0 Å². The average Bonchev–Trinajstić information content (AvgIpc) is 2.90. The summed E-state index contributed by atoms with van der Waals surface area (Å²) in [6.45, 7) is 6.49. The van der Waals surface area contributed by atoms with Crippen LogP contribution in [0.3, 0.4) is 0 Å². The summed E-state index contributed by atoms with van der Waals surface area (Å²) in [4.78, 5) is 39.0. The van der Waals surface area contributed by atoms with Crippen LogP contribution in [0.1, 0.15) is 80.3 Å². The van der Waals surface area contributed by atoms with E-state index < -0.39 is 18.1 Å². The lowest BCUT2D eigenvalue weighted by Crippen LogP contribution is -2.40. The van der Waals surface area contributed by atoms with Crippen LogP contribution in [0.5, 0.6) is 5.75 Å². The highest BCUT2D eigenvalue weighted by atomic mass is 16.5. The molecular weight excluding hydrogens is 480 g/mol. The Labute approximate surface area is 224 Å². The fourth-order valence-corrected chi connectivity index (χ4v) is 4.52. The Hall–Kier alpha value is -3.87. The van der Waals surface area contributed by atoms with Crippen molar-refractivity contribution in [1.82, 2.24) is 9.88 Å². The number of aryl methyl sites for hydroxylation is 1. The summed E-state index contributed by atoms with van der Waals surface area (Å²) < 4.78 is 7.24. The maximum Gasteiger partial charge on any atom is 0.305 e. The molecule has 0 saturated carbocycles. The van der Waals surface area contributed by atoms with Gasteiger partial charge >= 0.3 is 5.97 Å².